The summed E-state index contributed by atoms with van der Waals surface area (Å²) in [5.74, 6) is 0.803. The Balaban J connectivity index is 1.60. The van der Waals surface area contributed by atoms with E-state index >= 15 is 0 Å². The normalized spacial score (nSPS) is 13.6. The van der Waals surface area contributed by atoms with Gasteiger partial charge in [0.15, 0.2) is 5.43 Å². The number of aryl methyl sites for hydroxylation is 1. The molecule has 188 valence electrons. The van der Waals surface area contributed by atoms with Crippen molar-refractivity contribution in [2.45, 2.75) is 46.6 Å². The van der Waals surface area contributed by atoms with Gasteiger partial charge in [-0.05, 0) is 67.8 Å². The van der Waals surface area contributed by atoms with Crippen LogP contribution in [0, 0.1) is 13.8 Å². The Kier molecular flexibility index (Phi) is 6.60. The highest BCUT2D eigenvalue weighted by Gasteiger charge is 2.26. The molecule has 37 heavy (non-hydrogen) atoms. The van der Waals surface area contributed by atoms with E-state index in [0.29, 0.717) is 32.8 Å². The molecular formula is C29H28BClN2O4. The second-order valence-corrected chi connectivity index (χ2v) is 10.3. The van der Waals surface area contributed by atoms with E-state index in [0.717, 1.165) is 33.5 Å². The number of benzene rings is 3. The number of oxime groups is 1. The molecule has 0 fully saturated rings. The van der Waals surface area contributed by atoms with Crippen LogP contribution in [0.15, 0.2) is 62.9 Å². The average molecular weight is 515 g/mol. The van der Waals surface area contributed by atoms with Gasteiger partial charge in [-0.15, -0.1) is 5.16 Å². The van der Waals surface area contributed by atoms with E-state index in [2.05, 4.69) is 23.5 Å². The minimum Gasteiger partial charge on any atom is -0.460 e. The lowest BCUT2D eigenvalue weighted by Gasteiger charge is -2.22. The number of fused-ring (bicyclic) bond motifs is 2. The van der Waals surface area contributed by atoms with Gasteiger partial charge in [0.25, 0.3) is 0 Å². The number of halogens is 1. The quantitative estimate of drug-likeness (QED) is 0.315. The first kappa shape index (κ1) is 25.1. The molecule has 1 aromatic heterocycles. The lowest BCUT2D eigenvalue weighted by molar-refractivity contribution is 0.286. The summed E-state index contributed by atoms with van der Waals surface area (Å²) in [5, 5.41) is 18.7. The second-order valence-electron chi connectivity index (χ2n) is 9.90. The van der Waals surface area contributed by atoms with E-state index in [-0.39, 0.29) is 17.4 Å². The summed E-state index contributed by atoms with van der Waals surface area (Å²) < 4.78 is 11.3. The van der Waals surface area contributed by atoms with Gasteiger partial charge in [0.05, 0.1) is 17.6 Å². The first-order valence-electron chi connectivity index (χ1n) is 12.3. The molecular weight excluding hydrogens is 487 g/mol. The number of hydrogen-bond donors (Lipinski definition) is 2. The fraction of sp³-hybridized carbons (Fsp3) is 0.241. The van der Waals surface area contributed by atoms with Crippen LogP contribution in [0.5, 0.6) is 0 Å². The summed E-state index contributed by atoms with van der Waals surface area (Å²) in [6.07, 6.45) is 1.58. The van der Waals surface area contributed by atoms with E-state index in [1.807, 2.05) is 70.2 Å². The number of nitrogens with zero attached hydrogens (tertiary/aromatic N) is 1. The van der Waals surface area contributed by atoms with Gasteiger partial charge in [-0.3, -0.25) is 4.79 Å². The van der Waals surface area contributed by atoms with Gasteiger partial charge in [0.2, 0.25) is 0 Å². The van der Waals surface area contributed by atoms with Crippen LogP contribution in [0.2, 0.25) is 5.02 Å². The standard InChI is InChI=1S/C29H28BClN2O4/c1-15(2)28-17(4)27(34)24-11-16(3)10-22(29(24)36-28)18(5)33-26-9-7-21(31)13-23(26)19-6-8-25-20(12-19)14-32-37-30(25)35/h6-15,18,33,35H,1-5H3/t18-/m1/s1. The molecule has 2 heterocycles. The largest absolute Gasteiger partial charge is 0.583 e. The summed E-state index contributed by atoms with van der Waals surface area (Å²) in [6, 6.07) is 15.2. The van der Waals surface area contributed by atoms with E-state index in [1.165, 1.54) is 0 Å². The van der Waals surface area contributed by atoms with Crippen LogP contribution in [0.3, 0.4) is 0 Å². The molecule has 0 bridgehead atoms. The highest BCUT2D eigenvalue weighted by atomic mass is 35.5. The Hall–Kier alpha value is -3.55. The monoisotopic (exact) mass is 514 g/mol. The van der Waals surface area contributed by atoms with Gasteiger partial charge < -0.3 is 19.5 Å². The van der Waals surface area contributed by atoms with Crippen LogP contribution in [0.4, 0.5) is 5.69 Å². The third-order valence-corrected chi connectivity index (χ3v) is 7.02. The molecule has 6 nitrogen and oxygen atoms in total. The first-order chi connectivity index (χ1) is 17.6. The maximum atomic E-state index is 13.2. The molecule has 2 N–H and O–H groups in total. The second kappa shape index (κ2) is 9.73. The van der Waals surface area contributed by atoms with Gasteiger partial charge in [-0.2, -0.15) is 0 Å². The Bertz CT molecular complexity index is 1610. The van der Waals surface area contributed by atoms with Crippen molar-refractivity contribution in [3.05, 3.63) is 91.8 Å². The predicted octanol–water partition coefficient (Wildman–Crippen LogP) is 6.08. The van der Waals surface area contributed by atoms with E-state index < -0.39 is 7.12 Å². The zero-order valence-corrected chi connectivity index (χ0v) is 22.2. The van der Waals surface area contributed by atoms with Crippen molar-refractivity contribution < 1.29 is 14.2 Å². The van der Waals surface area contributed by atoms with Crippen molar-refractivity contribution in [1.82, 2.24) is 0 Å². The molecule has 1 aliphatic rings. The van der Waals surface area contributed by atoms with Crippen molar-refractivity contribution in [2.24, 2.45) is 5.16 Å². The molecule has 0 saturated heterocycles. The maximum absolute atomic E-state index is 13.2. The van der Waals surface area contributed by atoms with Crippen LogP contribution < -0.4 is 16.2 Å². The minimum atomic E-state index is -1.09. The van der Waals surface area contributed by atoms with Crippen molar-refractivity contribution >= 4 is 47.1 Å². The smallest absolute Gasteiger partial charge is 0.460 e. The summed E-state index contributed by atoms with van der Waals surface area (Å²) >= 11 is 6.40. The van der Waals surface area contributed by atoms with Gasteiger partial charge >= 0.3 is 7.12 Å². The average Bonchev–Trinajstić information content (AvgIpc) is 2.86. The number of anilines is 1. The molecule has 0 radical (unpaired) electrons. The third kappa shape index (κ3) is 4.65. The Morgan fingerprint density at radius 3 is 2.59 bits per heavy atom. The number of rotatable bonds is 5. The first-order valence-corrected chi connectivity index (χ1v) is 12.7. The predicted molar refractivity (Wildman–Crippen MR) is 151 cm³/mol. The molecule has 5 rings (SSSR count). The van der Waals surface area contributed by atoms with Gasteiger partial charge in [0.1, 0.15) is 11.3 Å². The van der Waals surface area contributed by atoms with Crippen molar-refractivity contribution in [3.63, 3.8) is 0 Å². The lowest BCUT2D eigenvalue weighted by atomic mass is 9.75. The zero-order chi connectivity index (χ0) is 26.4. The molecule has 8 heteroatoms. The lowest BCUT2D eigenvalue weighted by Crippen LogP contribution is -2.37. The summed E-state index contributed by atoms with van der Waals surface area (Å²) in [7, 11) is -1.09. The minimum absolute atomic E-state index is 0.0103. The van der Waals surface area contributed by atoms with Crippen LogP contribution in [-0.4, -0.2) is 18.4 Å². The fourth-order valence-corrected chi connectivity index (χ4v) is 5.10. The Morgan fingerprint density at radius 2 is 1.84 bits per heavy atom. The topological polar surface area (TPSA) is 84.1 Å². The van der Waals surface area contributed by atoms with Crippen molar-refractivity contribution in [2.75, 3.05) is 5.32 Å². The van der Waals surface area contributed by atoms with Gasteiger partial charge in [-0.25, -0.2) is 0 Å². The third-order valence-electron chi connectivity index (χ3n) is 6.79. The van der Waals surface area contributed by atoms with Crippen LogP contribution in [0.25, 0.3) is 22.1 Å². The van der Waals surface area contributed by atoms with Crippen molar-refractivity contribution in [3.8, 4) is 11.1 Å². The van der Waals surface area contributed by atoms with Crippen LogP contribution >= 0.6 is 11.6 Å². The molecule has 1 aliphatic heterocycles. The van der Waals surface area contributed by atoms with Crippen LogP contribution in [-0.2, 0) is 4.76 Å². The van der Waals surface area contributed by atoms with Crippen LogP contribution in [0.1, 0.15) is 60.7 Å². The van der Waals surface area contributed by atoms with Gasteiger partial charge in [0, 0.05) is 38.8 Å². The molecule has 0 saturated carbocycles. The molecule has 1 atom stereocenters. The molecule has 0 aliphatic carbocycles. The SMILES string of the molecule is Cc1cc([C@@H](C)Nc2ccc(Cl)cc2-c2ccc3c(c2)C=NOB3O)c2oc(C(C)C)c(C)c(=O)c2c1. The summed E-state index contributed by atoms with van der Waals surface area (Å²) in [4.78, 5) is 13.2. The van der Waals surface area contributed by atoms with Crippen molar-refractivity contribution in [1.29, 1.82) is 0 Å². The number of nitrogens with one attached hydrogen (secondary N) is 1. The van der Waals surface area contributed by atoms with E-state index in [1.54, 1.807) is 6.21 Å². The summed E-state index contributed by atoms with van der Waals surface area (Å²) in [5.41, 5.74) is 7.29. The highest BCUT2D eigenvalue weighted by molar-refractivity contribution is 6.62. The number of hydrogen-bond acceptors (Lipinski definition) is 6. The Labute approximate surface area is 221 Å². The summed E-state index contributed by atoms with van der Waals surface area (Å²) in [6.45, 7) is 9.93. The molecule has 0 spiro atoms. The van der Waals surface area contributed by atoms with E-state index in [9.17, 15) is 9.82 Å². The fourth-order valence-electron chi connectivity index (χ4n) is 4.93. The Morgan fingerprint density at radius 1 is 1.05 bits per heavy atom. The molecule has 4 aromatic rings. The zero-order valence-electron chi connectivity index (χ0n) is 21.4. The highest BCUT2D eigenvalue weighted by Crippen LogP contribution is 2.36. The van der Waals surface area contributed by atoms with Gasteiger partial charge in [-0.1, -0.05) is 43.6 Å². The van der Waals surface area contributed by atoms with E-state index in [4.69, 9.17) is 20.8 Å². The maximum Gasteiger partial charge on any atom is 0.583 e. The molecule has 0 amide bonds. The molecule has 0 unspecified atom stereocenters. The molecule has 3 aromatic carbocycles.